The predicted molar refractivity (Wildman–Crippen MR) is 113 cm³/mol. The Labute approximate surface area is 169 Å². The lowest BCUT2D eigenvalue weighted by Gasteiger charge is -2.25. The van der Waals surface area contributed by atoms with E-state index in [1.807, 2.05) is 25.1 Å². The molecule has 0 saturated heterocycles. The predicted octanol–water partition coefficient (Wildman–Crippen LogP) is 4.81. The molecule has 0 aliphatic heterocycles. The van der Waals surface area contributed by atoms with Crippen LogP contribution in [0.4, 0.5) is 0 Å². The first-order chi connectivity index (χ1) is 11.8. The minimum Gasteiger partial charge on any atom is -0.391 e. The van der Waals surface area contributed by atoms with Gasteiger partial charge in [-0.25, -0.2) is 0 Å². The van der Waals surface area contributed by atoms with Gasteiger partial charge in [-0.15, -0.1) is 0 Å². The molecule has 0 amide bonds. The van der Waals surface area contributed by atoms with Crippen LogP contribution in [0.5, 0.6) is 0 Å². The molecule has 1 fully saturated rings. The smallest absolute Gasteiger partial charge is 0.203 e. The lowest BCUT2D eigenvalue weighted by molar-refractivity contribution is 0.186. The van der Waals surface area contributed by atoms with Crippen LogP contribution >= 0.6 is 41.6 Å². The molecular weight excluding hydrogens is 472 g/mol. The SMILES string of the molecule is CC(NCC(O)CP(=O)(O)CC1CCCCC1)c1ccc(I)c(Cl)c1. The zero-order valence-corrected chi connectivity index (χ0v) is 18.4. The Morgan fingerprint density at radius 1 is 1.36 bits per heavy atom. The van der Waals surface area contributed by atoms with Crippen LogP contribution in [0, 0.1) is 9.49 Å². The Bertz CT molecular complexity index is 610. The third-order valence-corrected chi connectivity index (χ3v) is 8.52. The zero-order valence-electron chi connectivity index (χ0n) is 14.6. The van der Waals surface area contributed by atoms with E-state index in [1.54, 1.807) is 0 Å². The number of aliphatic hydroxyl groups excluding tert-OH is 1. The van der Waals surface area contributed by atoms with Crippen molar-refractivity contribution >= 4 is 41.6 Å². The molecule has 3 atom stereocenters. The van der Waals surface area contributed by atoms with Crippen molar-refractivity contribution in [3.8, 4) is 0 Å². The molecule has 0 aromatic heterocycles. The molecule has 7 heteroatoms. The van der Waals surface area contributed by atoms with Crippen LogP contribution in [-0.4, -0.2) is 35.0 Å². The summed E-state index contributed by atoms with van der Waals surface area (Å²) in [6.45, 7) is 2.28. The van der Waals surface area contributed by atoms with Crippen LogP contribution in [0.25, 0.3) is 0 Å². The quantitative estimate of drug-likeness (QED) is 0.355. The first-order valence-corrected chi connectivity index (χ1v) is 12.4. The molecule has 3 unspecified atom stereocenters. The third-order valence-electron chi connectivity index (χ3n) is 4.87. The van der Waals surface area contributed by atoms with Gasteiger partial charge in [-0.2, -0.15) is 0 Å². The Kier molecular flexibility index (Phi) is 8.70. The normalized spacial score (nSPS) is 20.8. The van der Waals surface area contributed by atoms with Crippen molar-refractivity contribution in [1.82, 2.24) is 5.32 Å². The van der Waals surface area contributed by atoms with Crippen LogP contribution in [0.1, 0.15) is 50.6 Å². The van der Waals surface area contributed by atoms with Gasteiger partial charge >= 0.3 is 0 Å². The minimum atomic E-state index is -3.28. The van der Waals surface area contributed by atoms with Crippen molar-refractivity contribution < 1.29 is 14.6 Å². The lowest BCUT2D eigenvalue weighted by atomic mass is 9.91. The highest BCUT2D eigenvalue weighted by atomic mass is 127. The van der Waals surface area contributed by atoms with Gasteiger partial charge in [-0.1, -0.05) is 36.9 Å². The molecule has 1 aliphatic carbocycles. The first kappa shape index (κ1) is 21.6. The number of hydrogen-bond donors (Lipinski definition) is 3. The van der Waals surface area contributed by atoms with E-state index in [0.29, 0.717) is 23.6 Å². The number of hydrogen-bond acceptors (Lipinski definition) is 3. The van der Waals surface area contributed by atoms with E-state index in [9.17, 15) is 14.6 Å². The number of rotatable bonds is 8. The van der Waals surface area contributed by atoms with Gasteiger partial charge in [0.1, 0.15) is 0 Å². The van der Waals surface area contributed by atoms with Crippen molar-refractivity contribution in [3.63, 3.8) is 0 Å². The molecular formula is C18H28ClINO3P. The van der Waals surface area contributed by atoms with E-state index in [1.165, 1.54) is 6.42 Å². The van der Waals surface area contributed by atoms with Gasteiger partial charge in [-0.3, -0.25) is 4.57 Å². The molecule has 1 aromatic rings. The summed E-state index contributed by atoms with van der Waals surface area (Å²) in [5.41, 5.74) is 1.03. The number of benzene rings is 1. The second kappa shape index (κ2) is 10.0. The van der Waals surface area contributed by atoms with E-state index in [0.717, 1.165) is 34.8 Å². The van der Waals surface area contributed by atoms with Crippen LogP contribution in [0.2, 0.25) is 5.02 Å². The summed E-state index contributed by atoms with van der Waals surface area (Å²) >= 11 is 8.33. The van der Waals surface area contributed by atoms with E-state index in [-0.39, 0.29) is 12.2 Å². The summed E-state index contributed by atoms with van der Waals surface area (Å²) in [6.07, 6.45) is 5.14. The molecule has 1 saturated carbocycles. The van der Waals surface area contributed by atoms with Gasteiger partial charge in [0, 0.05) is 22.3 Å². The lowest BCUT2D eigenvalue weighted by Crippen LogP contribution is -2.32. The van der Waals surface area contributed by atoms with E-state index >= 15 is 0 Å². The summed E-state index contributed by atoms with van der Waals surface area (Å²) < 4.78 is 13.4. The van der Waals surface area contributed by atoms with E-state index < -0.39 is 13.5 Å². The molecule has 1 aromatic carbocycles. The summed E-state index contributed by atoms with van der Waals surface area (Å²) in [5, 5.41) is 14.1. The Morgan fingerprint density at radius 2 is 2.04 bits per heavy atom. The monoisotopic (exact) mass is 499 g/mol. The molecule has 0 bridgehead atoms. The van der Waals surface area contributed by atoms with Gasteiger partial charge in [-0.05, 0) is 66.0 Å². The summed E-state index contributed by atoms with van der Waals surface area (Å²) in [6, 6.07) is 5.88. The average Bonchev–Trinajstić information content (AvgIpc) is 2.55. The van der Waals surface area contributed by atoms with Crippen molar-refractivity contribution in [1.29, 1.82) is 0 Å². The molecule has 3 N–H and O–H groups in total. The van der Waals surface area contributed by atoms with Crippen molar-refractivity contribution in [2.45, 2.75) is 51.2 Å². The fourth-order valence-corrected chi connectivity index (χ4v) is 6.09. The average molecular weight is 500 g/mol. The van der Waals surface area contributed by atoms with Gasteiger partial charge in [0.15, 0.2) is 0 Å². The minimum absolute atomic E-state index is 0.0144. The fourth-order valence-electron chi connectivity index (χ4n) is 3.45. The van der Waals surface area contributed by atoms with Crippen molar-refractivity contribution in [3.05, 3.63) is 32.4 Å². The molecule has 0 spiro atoms. The molecule has 25 heavy (non-hydrogen) atoms. The zero-order chi connectivity index (χ0) is 18.4. The maximum absolute atomic E-state index is 12.4. The van der Waals surface area contributed by atoms with E-state index in [4.69, 9.17) is 11.6 Å². The first-order valence-electron chi connectivity index (χ1n) is 8.94. The molecule has 4 nitrogen and oxygen atoms in total. The number of halogens is 2. The standard InChI is InChI=1S/C18H28ClINO3P/c1-13(15-7-8-18(20)17(19)9-15)21-10-16(22)12-25(23,24)11-14-5-3-2-4-6-14/h7-9,13-14,16,21-22H,2-6,10-12H2,1H3,(H,23,24). The van der Waals surface area contributed by atoms with Crippen LogP contribution in [-0.2, 0) is 4.57 Å². The van der Waals surface area contributed by atoms with E-state index in [2.05, 4.69) is 27.9 Å². The van der Waals surface area contributed by atoms with Crippen LogP contribution in [0.15, 0.2) is 18.2 Å². The molecule has 142 valence electrons. The Hall–Kier alpha value is 0.350. The molecule has 1 aliphatic rings. The highest BCUT2D eigenvalue weighted by molar-refractivity contribution is 14.1. The van der Waals surface area contributed by atoms with Gasteiger partial charge in [0.2, 0.25) is 7.37 Å². The Morgan fingerprint density at radius 3 is 2.68 bits per heavy atom. The fraction of sp³-hybridized carbons (Fsp3) is 0.667. The second-order valence-electron chi connectivity index (χ2n) is 7.17. The summed E-state index contributed by atoms with van der Waals surface area (Å²) in [7, 11) is -3.28. The molecule has 0 heterocycles. The highest BCUT2D eigenvalue weighted by Crippen LogP contribution is 2.45. The maximum Gasteiger partial charge on any atom is 0.203 e. The summed E-state index contributed by atoms with van der Waals surface area (Å²) in [4.78, 5) is 10.2. The van der Waals surface area contributed by atoms with Crippen LogP contribution < -0.4 is 5.32 Å². The van der Waals surface area contributed by atoms with Gasteiger partial charge in [0.25, 0.3) is 0 Å². The molecule has 0 radical (unpaired) electrons. The third kappa shape index (κ3) is 7.47. The number of aliphatic hydroxyl groups is 1. The maximum atomic E-state index is 12.4. The Balaban J connectivity index is 1.79. The van der Waals surface area contributed by atoms with Crippen molar-refractivity contribution in [2.75, 3.05) is 18.9 Å². The van der Waals surface area contributed by atoms with Crippen molar-refractivity contribution in [2.24, 2.45) is 5.92 Å². The molecule has 2 rings (SSSR count). The van der Waals surface area contributed by atoms with Crippen LogP contribution in [0.3, 0.4) is 0 Å². The van der Waals surface area contributed by atoms with Gasteiger partial charge in [0.05, 0.1) is 17.3 Å². The largest absolute Gasteiger partial charge is 0.391 e. The number of nitrogens with one attached hydrogen (secondary N) is 1. The summed E-state index contributed by atoms with van der Waals surface area (Å²) in [5.74, 6) is 0.345. The topological polar surface area (TPSA) is 69.6 Å². The highest BCUT2D eigenvalue weighted by Gasteiger charge is 2.28. The van der Waals surface area contributed by atoms with Gasteiger partial charge < -0.3 is 15.3 Å². The second-order valence-corrected chi connectivity index (χ2v) is 11.2.